The monoisotopic (exact) mass is 596 g/mol. The molecule has 230 valence electrons. The van der Waals surface area contributed by atoms with Crippen molar-refractivity contribution in [1.82, 2.24) is 24.9 Å². The van der Waals surface area contributed by atoms with Gasteiger partial charge in [0.25, 0.3) is 5.91 Å². The van der Waals surface area contributed by atoms with Gasteiger partial charge in [-0.15, -0.1) is 0 Å². The van der Waals surface area contributed by atoms with Crippen molar-refractivity contribution >= 4 is 27.5 Å². The van der Waals surface area contributed by atoms with E-state index in [4.69, 9.17) is 9.84 Å². The molecule has 2 N–H and O–H groups in total. The Labute approximate surface area is 252 Å². The number of rotatable bonds is 14. The minimum atomic E-state index is -0.669. The van der Waals surface area contributed by atoms with E-state index >= 15 is 0 Å². The van der Waals surface area contributed by atoms with Crippen molar-refractivity contribution < 1.29 is 14.3 Å². The van der Waals surface area contributed by atoms with E-state index in [1.807, 2.05) is 49.7 Å². The third kappa shape index (κ3) is 8.04. The molecule has 2 heterocycles. The van der Waals surface area contributed by atoms with Crippen LogP contribution in [-0.4, -0.2) is 68.5 Å². The molecule has 0 unspecified atom stereocenters. The number of nitrogens with one attached hydrogen (secondary N) is 2. The van der Waals surface area contributed by atoms with Crippen LogP contribution in [0.2, 0.25) is 0 Å². The average Bonchev–Trinajstić information content (AvgIpc) is 3.33. The molecule has 1 saturated carbocycles. The zero-order valence-electron chi connectivity index (χ0n) is 26.5. The van der Waals surface area contributed by atoms with Crippen molar-refractivity contribution in [2.24, 2.45) is 11.3 Å². The summed E-state index contributed by atoms with van der Waals surface area (Å²) in [6.07, 6.45) is 11.7. The number of ether oxygens (including phenoxy) is 1. The Morgan fingerprint density at radius 1 is 1.10 bits per heavy atom. The number of aryl methyl sites for hydroxylation is 2. The Morgan fingerprint density at radius 2 is 1.79 bits per heavy atom. The van der Waals surface area contributed by atoms with Crippen LogP contribution in [0.5, 0.6) is 0 Å². The SMILES string of the molecule is CCn1nccc1C(=O)N[C@H](C(=O)Nc1ccc(-c2c(C)nn(COCCS(C)(C)C)c2C)cc1)[C@@H](C)CC1(C)CC1. The lowest BCUT2D eigenvalue weighted by Gasteiger charge is -2.26. The zero-order chi connectivity index (χ0) is 30.7. The predicted molar refractivity (Wildman–Crippen MR) is 172 cm³/mol. The van der Waals surface area contributed by atoms with E-state index in [-0.39, 0.29) is 23.1 Å². The highest BCUT2D eigenvalue weighted by Gasteiger charge is 2.41. The van der Waals surface area contributed by atoms with Crippen molar-refractivity contribution in [3.05, 3.63) is 53.6 Å². The molecule has 4 rings (SSSR count). The van der Waals surface area contributed by atoms with Gasteiger partial charge in [-0.25, -0.2) is 14.7 Å². The highest BCUT2D eigenvalue weighted by molar-refractivity contribution is 8.32. The Hall–Kier alpha value is -3.11. The number of benzene rings is 1. The second-order valence-corrected chi connectivity index (χ2v) is 17.5. The van der Waals surface area contributed by atoms with Crippen molar-refractivity contribution in [3.8, 4) is 11.1 Å². The molecule has 42 heavy (non-hydrogen) atoms. The lowest BCUT2D eigenvalue weighted by molar-refractivity contribution is -0.119. The average molecular weight is 597 g/mol. The standard InChI is InChI=1S/C32H48N6O3S/c1-9-37-27(14-17-33-37)30(39)35-29(22(2)20-32(5)15-16-32)31(40)34-26-12-10-25(11-13-26)28-23(3)36-38(24(28)4)21-41-18-19-42(6,7)8/h10-14,17,22,29H,9,15-16,18-21H2,1-8H3,(H,34,40)(H,35,39)/t22-,29-/m0/s1. The Balaban J connectivity index is 1.45. The van der Waals surface area contributed by atoms with Gasteiger partial charge >= 0.3 is 0 Å². The van der Waals surface area contributed by atoms with Crippen LogP contribution >= 0.6 is 10.0 Å². The molecule has 3 aromatic rings. The van der Waals surface area contributed by atoms with Gasteiger partial charge in [-0.05, 0) is 93.9 Å². The van der Waals surface area contributed by atoms with Crippen molar-refractivity contribution in [1.29, 1.82) is 0 Å². The molecule has 1 aliphatic carbocycles. The first-order chi connectivity index (χ1) is 19.8. The summed E-state index contributed by atoms with van der Waals surface area (Å²) >= 11 is 0. The molecule has 0 aliphatic heterocycles. The van der Waals surface area contributed by atoms with Crippen molar-refractivity contribution in [3.63, 3.8) is 0 Å². The fourth-order valence-corrected chi connectivity index (χ4v) is 6.03. The summed E-state index contributed by atoms with van der Waals surface area (Å²) in [5.41, 5.74) is 5.46. The van der Waals surface area contributed by atoms with Crippen molar-refractivity contribution in [2.45, 2.75) is 73.2 Å². The van der Waals surface area contributed by atoms with Crippen LogP contribution < -0.4 is 10.6 Å². The zero-order valence-corrected chi connectivity index (χ0v) is 27.3. The predicted octanol–water partition coefficient (Wildman–Crippen LogP) is 5.61. The second kappa shape index (κ2) is 13.0. The maximum atomic E-state index is 13.6. The summed E-state index contributed by atoms with van der Waals surface area (Å²) in [5, 5.41) is 15.0. The Bertz CT molecular complexity index is 1380. The molecule has 2 atom stereocenters. The molecule has 9 nitrogen and oxygen atoms in total. The molecule has 0 radical (unpaired) electrons. The summed E-state index contributed by atoms with van der Waals surface area (Å²) in [5.74, 6) is 0.536. The minimum Gasteiger partial charge on any atom is -0.358 e. The van der Waals surface area contributed by atoms with E-state index in [1.54, 1.807) is 16.9 Å². The first kappa shape index (κ1) is 31.8. The van der Waals surface area contributed by atoms with E-state index in [1.165, 1.54) is 0 Å². The van der Waals surface area contributed by atoms with E-state index in [0.29, 0.717) is 24.7 Å². The van der Waals surface area contributed by atoms with Gasteiger partial charge in [0.05, 0.1) is 12.3 Å². The van der Waals surface area contributed by atoms with Gasteiger partial charge in [0.2, 0.25) is 5.91 Å². The van der Waals surface area contributed by atoms with Gasteiger partial charge in [0.1, 0.15) is 18.5 Å². The third-order valence-electron chi connectivity index (χ3n) is 8.18. The summed E-state index contributed by atoms with van der Waals surface area (Å²) < 4.78 is 9.48. The lowest BCUT2D eigenvalue weighted by Crippen LogP contribution is -2.48. The lowest BCUT2D eigenvalue weighted by atomic mass is 9.88. The Kier molecular flexibility index (Phi) is 9.88. The van der Waals surface area contributed by atoms with Crippen LogP contribution in [0.15, 0.2) is 36.5 Å². The quantitative estimate of drug-likeness (QED) is 0.235. The van der Waals surface area contributed by atoms with E-state index < -0.39 is 16.1 Å². The van der Waals surface area contributed by atoms with E-state index in [0.717, 1.165) is 54.1 Å². The van der Waals surface area contributed by atoms with Crippen LogP contribution in [0.3, 0.4) is 0 Å². The molecular formula is C32H48N6O3S. The van der Waals surface area contributed by atoms with Crippen LogP contribution in [0.25, 0.3) is 11.1 Å². The number of nitrogens with zero attached hydrogens (tertiary/aromatic N) is 4. The molecule has 2 aromatic heterocycles. The number of carbonyl (C=O) groups is 2. The first-order valence-corrected chi connectivity index (χ1v) is 17.8. The largest absolute Gasteiger partial charge is 0.358 e. The maximum absolute atomic E-state index is 13.6. The topological polar surface area (TPSA) is 103 Å². The summed E-state index contributed by atoms with van der Waals surface area (Å²) in [6, 6.07) is 8.83. The van der Waals surface area contributed by atoms with Gasteiger partial charge in [-0.2, -0.15) is 10.2 Å². The molecule has 0 spiro atoms. The number of aromatic nitrogens is 4. The summed E-state index contributed by atoms with van der Waals surface area (Å²) in [6.45, 7) is 12.0. The molecule has 1 aliphatic rings. The molecular weight excluding hydrogens is 548 g/mol. The number of hydrogen-bond donors (Lipinski definition) is 2. The Morgan fingerprint density at radius 3 is 2.40 bits per heavy atom. The van der Waals surface area contributed by atoms with Gasteiger partial charge in [0.15, 0.2) is 0 Å². The first-order valence-electron chi connectivity index (χ1n) is 14.8. The van der Waals surface area contributed by atoms with Crippen LogP contribution in [0.1, 0.15) is 61.9 Å². The highest BCUT2D eigenvalue weighted by atomic mass is 32.3. The van der Waals surface area contributed by atoms with E-state index in [9.17, 15) is 9.59 Å². The molecule has 1 fully saturated rings. The molecule has 10 heteroatoms. The fraction of sp³-hybridized carbons (Fsp3) is 0.562. The normalized spacial score (nSPS) is 16.1. The molecule has 2 amide bonds. The third-order valence-corrected chi connectivity index (χ3v) is 9.57. The maximum Gasteiger partial charge on any atom is 0.270 e. The fourth-order valence-electron chi connectivity index (χ4n) is 5.41. The highest BCUT2D eigenvalue weighted by Crippen LogP contribution is 2.50. The molecule has 0 saturated heterocycles. The van der Waals surface area contributed by atoms with Gasteiger partial charge in [-0.3, -0.25) is 14.3 Å². The number of amides is 2. The van der Waals surface area contributed by atoms with E-state index in [2.05, 4.69) is 48.3 Å². The van der Waals surface area contributed by atoms with Gasteiger partial charge < -0.3 is 15.4 Å². The molecule has 0 bridgehead atoms. The number of anilines is 1. The summed E-state index contributed by atoms with van der Waals surface area (Å²) in [7, 11) is -0.591. The number of hydrogen-bond acceptors (Lipinski definition) is 5. The van der Waals surface area contributed by atoms with Crippen LogP contribution in [-0.2, 0) is 22.8 Å². The minimum absolute atomic E-state index is 0.0260. The van der Waals surface area contributed by atoms with Crippen molar-refractivity contribution in [2.75, 3.05) is 36.4 Å². The second-order valence-electron chi connectivity index (χ2n) is 12.9. The van der Waals surface area contributed by atoms with Crippen LogP contribution in [0.4, 0.5) is 5.69 Å². The number of carbonyl (C=O) groups excluding carboxylic acids is 2. The van der Waals surface area contributed by atoms with Gasteiger partial charge in [0, 0.05) is 35.4 Å². The van der Waals surface area contributed by atoms with Crippen LogP contribution in [0, 0.1) is 25.2 Å². The summed E-state index contributed by atoms with van der Waals surface area (Å²) in [4.78, 5) is 26.8. The molecule has 1 aromatic carbocycles. The van der Waals surface area contributed by atoms with Gasteiger partial charge in [-0.1, -0.05) is 26.0 Å². The smallest absolute Gasteiger partial charge is 0.270 e.